The SMILES string of the molecule is N#Cc1ccc(N2C(=O)C3CN4CC(S(=O)(=O)c5ccc(Cl)c([N+](=O)[O-])c5)[N+]3(C4)C2=O)c2ccccc12. The Morgan fingerprint density at radius 3 is 2.51 bits per heavy atom. The molecule has 3 saturated heterocycles. The summed E-state index contributed by atoms with van der Waals surface area (Å²) in [5, 5.41) is 20.4. The van der Waals surface area contributed by atoms with Crippen molar-refractivity contribution in [1.82, 2.24) is 4.90 Å². The second-order valence-corrected chi connectivity index (χ2v) is 11.8. The summed E-state index contributed by atoms with van der Waals surface area (Å²) in [6, 6.07) is 13.6. The first kappa shape index (κ1) is 23.5. The Kier molecular flexibility index (Phi) is 4.96. The molecule has 13 heteroatoms. The number of nitriles is 1. The van der Waals surface area contributed by atoms with Gasteiger partial charge in [0.2, 0.25) is 15.2 Å². The third kappa shape index (κ3) is 3.02. The summed E-state index contributed by atoms with van der Waals surface area (Å²) >= 11 is 5.88. The van der Waals surface area contributed by atoms with Crippen LogP contribution in [0, 0.1) is 21.4 Å². The molecule has 3 fully saturated rings. The average molecular weight is 539 g/mol. The highest BCUT2D eigenvalue weighted by molar-refractivity contribution is 7.92. The van der Waals surface area contributed by atoms with Crippen LogP contribution < -0.4 is 4.90 Å². The summed E-state index contributed by atoms with van der Waals surface area (Å²) in [6.07, 6.45) is 0. The maximum Gasteiger partial charge on any atom is 0.433 e. The number of nitro benzene ring substituents is 1. The van der Waals surface area contributed by atoms with Gasteiger partial charge in [-0.2, -0.15) is 14.6 Å². The molecule has 0 radical (unpaired) electrons. The molecule has 3 heterocycles. The van der Waals surface area contributed by atoms with Gasteiger partial charge in [-0.05, 0) is 24.3 Å². The van der Waals surface area contributed by atoms with Crippen molar-refractivity contribution in [3.05, 3.63) is 75.3 Å². The number of piperazine rings is 1. The zero-order valence-corrected chi connectivity index (χ0v) is 20.5. The van der Waals surface area contributed by atoms with Crippen molar-refractivity contribution in [2.24, 2.45) is 0 Å². The fourth-order valence-electron chi connectivity index (χ4n) is 5.80. The van der Waals surface area contributed by atoms with Gasteiger partial charge in [0.05, 0.1) is 40.2 Å². The molecule has 3 aromatic rings. The monoisotopic (exact) mass is 538 g/mol. The topological polar surface area (TPSA) is 142 Å². The summed E-state index contributed by atoms with van der Waals surface area (Å²) in [7, 11) is -4.30. The first-order chi connectivity index (χ1) is 17.6. The number of anilines is 1. The smallest absolute Gasteiger partial charge is 0.267 e. The van der Waals surface area contributed by atoms with E-state index in [2.05, 4.69) is 6.07 Å². The molecule has 0 saturated carbocycles. The van der Waals surface area contributed by atoms with Crippen molar-refractivity contribution < 1.29 is 27.4 Å². The molecule has 2 bridgehead atoms. The van der Waals surface area contributed by atoms with Crippen LogP contribution in [0.15, 0.2) is 59.5 Å². The van der Waals surface area contributed by atoms with Gasteiger partial charge in [0.15, 0.2) is 6.04 Å². The Hall–Kier alpha value is -3.89. The van der Waals surface area contributed by atoms with Crippen molar-refractivity contribution in [2.75, 3.05) is 24.7 Å². The molecule has 3 aliphatic rings. The second kappa shape index (κ2) is 7.80. The van der Waals surface area contributed by atoms with E-state index in [0.717, 1.165) is 17.0 Å². The van der Waals surface area contributed by atoms with E-state index in [1.807, 2.05) is 0 Å². The number of amides is 3. The normalized spacial score (nSPS) is 26.5. The minimum absolute atomic E-state index is 0.00373. The number of quaternary nitrogens is 1. The van der Waals surface area contributed by atoms with Crippen molar-refractivity contribution >= 4 is 55.5 Å². The van der Waals surface area contributed by atoms with Gasteiger partial charge in [-0.1, -0.05) is 35.9 Å². The van der Waals surface area contributed by atoms with Crippen LogP contribution in [0.4, 0.5) is 16.2 Å². The molecule has 186 valence electrons. The highest BCUT2D eigenvalue weighted by Crippen LogP contribution is 2.47. The van der Waals surface area contributed by atoms with Gasteiger partial charge in [0.25, 0.3) is 11.6 Å². The minimum atomic E-state index is -4.30. The second-order valence-electron chi connectivity index (χ2n) is 9.24. The molecule has 37 heavy (non-hydrogen) atoms. The predicted octanol–water partition coefficient (Wildman–Crippen LogP) is 3.01. The Labute approximate surface area is 215 Å². The number of carbonyl (C=O) groups is 2. The zero-order chi connectivity index (χ0) is 26.3. The number of imide groups is 1. The van der Waals surface area contributed by atoms with Gasteiger partial charge in [-0.3, -0.25) is 14.9 Å². The van der Waals surface area contributed by atoms with Crippen LogP contribution in [0.2, 0.25) is 5.02 Å². The molecule has 0 aliphatic carbocycles. The van der Waals surface area contributed by atoms with E-state index in [4.69, 9.17) is 11.6 Å². The summed E-state index contributed by atoms with van der Waals surface area (Å²) in [4.78, 5) is 40.8. The van der Waals surface area contributed by atoms with Gasteiger partial charge >= 0.3 is 6.03 Å². The highest BCUT2D eigenvalue weighted by Gasteiger charge is 2.75. The first-order valence-corrected chi connectivity index (χ1v) is 13.1. The van der Waals surface area contributed by atoms with Crippen LogP contribution in [0.25, 0.3) is 10.8 Å². The van der Waals surface area contributed by atoms with Crippen molar-refractivity contribution in [2.45, 2.75) is 16.3 Å². The summed E-state index contributed by atoms with van der Waals surface area (Å²) in [5.74, 6) is -0.524. The molecule has 3 aromatic carbocycles. The maximum absolute atomic E-state index is 14.1. The number of carbonyl (C=O) groups excluding carboxylic acids is 2. The Bertz CT molecular complexity index is 1720. The van der Waals surface area contributed by atoms with Crippen molar-refractivity contribution in [3.63, 3.8) is 0 Å². The van der Waals surface area contributed by atoms with Gasteiger partial charge < -0.3 is 0 Å². The van der Waals surface area contributed by atoms with E-state index >= 15 is 0 Å². The van der Waals surface area contributed by atoms with E-state index in [-0.39, 0.29) is 35.4 Å². The third-order valence-electron chi connectivity index (χ3n) is 7.47. The van der Waals surface area contributed by atoms with Crippen LogP contribution in [0.5, 0.6) is 0 Å². The Balaban J connectivity index is 1.48. The van der Waals surface area contributed by atoms with Gasteiger partial charge in [-0.25, -0.2) is 18.1 Å². The number of hydrogen-bond donors (Lipinski definition) is 0. The van der Waals surface area contributed by atoms with Crippen molar-refractivity contribution in [1.29, 1.82) is 5.26 Å². The van der Waals surface area contributed by atoms with Crippen LogP contribution in [-0.2, 0) is 14.6 Å². The van der Waals surface area contributed by atoms with Gasteiger partial charge in [0, 0.05) is 16.8 Å². The molecule has 6 rings (SSSR count). The fraction of sp³-hybridized carbons (Fsp3) is 0.208. The van der Waals surface area contributed by atoms with Crippen LogP contribution in [-0.4, -0.2) is 65.8 Å². The number of nitrogens with zero attached hydrogens (tertiary/aromatic N) is 5. The maximum atomic E-state index is 14.1. The minimum Gasteiger partial charge on any atom is -0.267 e. The van der Waals surface area contributed by atoms with E-state index in [1.54, 1.807) is 29.2 Å². The van der Waals surface area contributed by atoms with Gasteiger partial charge in [-0.15, -0.1) is 0 Å². The van der Waals surface area contributed by atoms with E-state index < -0.39 is 48.3 Å². The fourth-order valence-corrected chi connectivity index (χ4v) is 8.04. The molecule has 4 unspecified atom stereocenters. The van der Waals surface area contributed by atoms with E-state index in [0.29, 0.717) is 16.3 Å². The molecule has 11 nitrogen and oxygen atoms in total. The molecule has 1 spiro atoms. The standard InChI is InChI=1S/C24H17ClN5O6S/c25-18-7-6-15(9-20(18)29(33)34)37(35,36)22-12-27-11-21-23(31)28(24(32)30(21,22)13-27)19-8-5-14(10-26)16-3-1-2-4-17(16)19/h1-9,21-22H,11-13H2/q+1. The van der Waals surface area contributed by atoms with E-state index in [9.17, 15) is 33.4 Å². The largest absolute Gasteiger partial charge is 0.433 e. The first-order valence-electron chi connectivity index (χ1n) is 11.2. The molecule has 0 N–H and O–H groups in total. The lowest BCUT2D eigenvalue weighted by Gasteiger charge is -2.33. The number of sulfone groups is 1. The number of urea groups is 1. The molecular weight excluding hydrogens is 522 g/mol. The number of hydrogen-bond acceptors (Lipinski definition) is 8. The average Bonchev–Trinajstić information content (AvgIpc) is 3.52. The lowest BCUT2D eigenvalue weighted by molar-refractivity contribution is -0.848. The number of rotatable bonds is 4. The zero-order valence-electron chi connectivity index (χ0n) is 18.9. The van der Waals surface area contributed by atoms with Crippen LogP contribution in [0.3, 0.4) is 0 Å². The summed E-state index contributed by atoms with van der Waals surface area (Å²) in [6.45, 7) is 0.234. The predicted molar refractivity (Wildman–Crippen MR) is 131 cm³/mol. The van der Waals surface area contributed by atoms with Crippen molar-refractivity contribution in [3.8, 4) is 6.07 Å². The quantitative estimate of drug-likeness (QED) is 0.213. The Morgan fingerprint density at radius 1 is 1.08 bits per heavy atom. The third-order valence-corrected chi connectivity index (χ3v) is 9.94. The molecular formula is C24H17ClN5O6S+. The van der Waals surface area contributed by atoms with Crippen LogP contribution in [0.1, 0.15) is 5.56 Å². The van der Waals surface area contributed by atoms with Gasteiger partial charge in [0.1, 0.15) is 11.7 Å². The number of benzene rings is 3. The highest BCUT2D eigenvalue weighted by atomic mass is 35.5. The van der Waals surface area contributed by atoms with E-state index in [1.165, 1.54) is 18.2 Å². The summed E-state index contributed by atoms with van der Waals surface area (Å²) in [5.41, 5.74) is 0.0959. The molecule has 0 aromatic heterocycles. The lowest BCUT2D eigenvalue weighted by atomic mass is 10.0. The molecule has 3 aliphatic heterocycles. The summed E-state index contributed by atoms with van der Waals surface area (Å²) < 4.78 is 27.0. The Morgan fingerprint density at radius 2 is 1.81 bits per heavy atom. The number of nitro groups is 1. The van der Waals surface area contributed by atoms with Crippen LogP contribution >= 0.6 is 11.6 Å². The number of fused-ring (bicyclic) bond motifs is 2. The molecule has 3 amide bonds. The lowest BCUT2D eigenvalue weighted by Crippen LogP contribution is -2.62. The number of halogens is 1. The molecule has 4 atom stereocenters.